The van der Waals surface area contributed by atoms with E-state index < -0.39 is 12.1 Å². The van der Waals surface area contributed by atoms with Gasteiger partial charge in [0, 0.05) is 12.6 Å². The second-order valence-corrected chi connectivity index (χ2v) is 5.85. The maximum atomic E-state index is 13.0. The van der Waals surface area contributed by atoms with Gasteiger partial charge in [-0.15, -0.1) is 0 Å². The summed E-state index contributed by atoms with van der Waals surface area (Å²) in [6.45, 7) is 0. The van der Waals surface area contributed by atoms with Crippen molar-refractivity contribution >= 4 is 17.2 Å². The molecule has 3 rings (SSSR count). The molecule has 0 aliphatic rings. The normalized spacial score (nSPS) is 13.2. The van der Waals surface area contributed by atoms with Crippen LogP contribution < -0.4 is 16.8 Å². The van der Waals surface area contributed by atoms with Crippen molar-refractivity contribution in [1.29, 1.82) is 0 Å². The molecule has 2 aromatic carbocycles. The Bertz CT molecular complexity index is 817. The third kappa shape index (κ3) is 4.05. The van der Waals surface area contributed by atoms with Gasteiger partial charge in [-0.25, -0.2) is 4.98 Å². The molecule has 6 heteroatoms. The molecule has 1 heterocycles. The first-order valence-electron chi connectivity index (χ1n) is 8.08. The van der Waals surface area contributed by atoms with Crippen LogP contribution in [0.1, 0.15) is 17.3 Å². The van der Waals surface area contributed by atoms with Gasteiger partial charge in [-0.3, -0.25) is 4.79 Å². The minimum Gasteiger partial charge on any atom is -0.397 e. The highest BCUT2D eigenvalue weighted by atomic mass is 16.1. The number of para-hydroxylation sites is 2. The molecule has 6 N–H and O–H groups in total. The lowest BCUT2D eigenvalue weighted by atomic mass is 9.95. The van der Waals surface area contributed by atoms with Gasteiger partial charge in [-0.1, -0.05) is 42.5 Å². The Kier molecular flexibility index (Phi) is 5.11. The van der Waals surface area contributed by atoms with Crippen LogP contribution in [0.25, 0.3) is 0 Å². The highest BCUT2D eigenvalue weighted by Gasteiger charge is 2.26. The van der Waals surface area contributed by atoms with Crippen molar-refractivity contribution in [2.45, 2.75) is 18.5 Å². The van der Waals surface area contributed by atoms with Gasteiger partial charge in [0.05, 0.1) is 29.4 Å². The summed E-state index contributed by atoms with van der Waals surface area (Å²) in [6, 6.07) is 15.6. The summed E-state index contributed by atoms with van der Waals surface area (Å²) in [7, 11) is 0. The number of anilines is 2. The maximum Gasteiger partial charge on any atom is 0.176 e. The van der Waals surface area contributed by atoms with Gasteiger partial charge in [-0.05, 0) is 17.7 Å². The number of nitrogens with zero attached hydrogens (tertiary/aromatic N) is 1. The molecule has 0 aliphatic carbocycles. The lowest BCUT2D eigenvalue weighted by molar-refractivity contribution is -0.121. The number of rotatable bonds is 7. The Labute approximate surface area is 146 Å². The zero-order valence-corrected chi connectivity index (χ0v) is 13.7. The van der Waals surface area contributed by atoms with Crippen LogP contribution in [0.2, 0.25) is 0 Å². The molecule has 25 heavy (non-hydrogen) atoms. The van der Waals surface area contributed by atoms with E-state index in [2.05, 4.69) is 15.3 Å². The van der Waals surface area contributed by atoms with Gasteiger partial charge in [-0.2, -0.15) is 0 Å². The molecule has 0 aliphatic heterocycles. The van der Waals surface area contributed by atoms with E-state index in [0.717, 1.165) is 11.3 Å². The second kappa shape index (κ2) is 7.63. The fourth-order valence-corrected chi connectivity index (χ4v) is 2.69. The fraction of sp³-hybridized carbons (Fsp3) is 0.158. The van der Waals surface area contributed by atoms with Crippen molar-refractivity contribution in [2.75, 3.05) is 11.1 Å². The number of H-pyrrole nitrogens is 1. The molecule has 0 radical (unpaired) electrons. The number of nitrogens with two attached hydrogens (primary N) is 2. The lowest BCUT2D eigenvalue weighted by Gasteiger charge is -2.23. The number of Topliss-reactive ketones (excluding diaryl/α,β-unsaturated/α-hetero) is 1. The zero-order valence-electron chi connectivity index (χ0n) is 13.7. The first-order chi connectivity index (χ1) is 12.1. The van der Waals surface area contributed by atoms with E-state index in [4.69, 9.17) is 11.5 Å². The van der Waals surface area contributed by atoms with Gasteiger partial charge in [0.1, 0.15) is 6.04 Å². The summed E-state index contributed by atoms with van der Waals surface area (Å²) >= 11 is 0. The fourth-order valence-electron chi connectivity index (χ4n) is 2.69. The minimum absolute atomic E-state index is 0.113. The largest absolute Gasteiger partial charge is 0.397 e. The van der Waals surface area contributed by atoms with Crippen LogP contribution in [0.3, 0.4) is 0 Å². The van der Waals surface area contributed by atoms with Gasteiger partial charge in [0.2, 0.25) is 0 Å². The van der Waals surface area contributed by atoms with Crippen LogP contribution in [-0.2, 0) is 11.2 Å². The topological polar surface area (TPSA) is 110 Å². The summed E-state index contributed by atoms with van der Waals surface area (Å²) < 4.78 is 0. The molecule has 0 saturated heterocycles. The second-order valence-electron chi connectivity index (χ2n) is 5.85. The number of hydrogen-bond donors (Lipinski definition) is 4. The minimum atomic E-state index is -0.675. The Balaban J connectivity index is 1.85. The molecule has 0 fully saturated rings. The van der Waals surface area contributed by atoms with E-state index in [9.17, 15) is 4.79 Å². The summed E-state index contributed by atoms with van der Waals surface area (Å²) in [5.74, 6) is -0.113. The van der Waals surface area contributed by atoms with Crippen molar-refractivity contribution < 1.29 is 4.79 Å². The number of benzene rings is 2. The molecule has 6 nitrogen and oxygen atoms in total. The average molecular weight is 335 g/mol. The number of aromatic nitrogens is 2. The van der Waals surface area contributed by atoms with Gasteiger partial charge < -0.3 is 21.8 Å². The number of aromatic amines is 1. The van der Waals surface area contributed by atoms with Gasteiger partial charge in [0.15, 0.2) is 5.78 Å². The van der Waals surface area contributed by atoms with E-state index in [1.165, 1.54) is 0 Å². The molecule has 0 amide bonds. The summed E-state index contributed by atoms with van der Waals surface area (Å²) in [5.41, 5.74) is 15.1. The average Bonchev–Trinajstić information content (AvgIpc) is 3.14. The molecule has 0 spiro atoms. The quantitative estimate of drug-likeness (QED) is 0.495. The molecular weight excluding hydrogens is 314 g/mol. The zero-order chi connectivity index (χ0) is 17.6. The van der Waals surface area contributed by atoms with Crippen molar-refractivity contribution in [3.8, 4) is 0 Å². The van der Waals surface area contributed by atoms with Crippen LogP contribution in [0.5, 0.6) is 0 Å². The van der Waals surface area contributed by atoms with Crippen LogP contribution >= 0.6 is 0 Å². The molecule has 0 saturated carbocycles. The van der Waals surface area contributed by atoms with E-state index in [0.29, 0.717) is 17.8 Å². The molecule has 2 unspecified atom stereocenters. The number of carbonyl (C=O) groups excluding carboxylic acids is 1. The lowest BCUT2D eigenvalue weighted by Crippen LogP contribution is -2.39. The van der Waals surface area contributed by atoms with Crippen molar-refractivity contribution in [3.63, 3.8) is 0 Å². The number of hydrogen-bond acceptors (Lipinski definition) is 5. The maximum absolute atomic E-state index is 13.0. The number of ketones is 1. The van der Waals surface area contributed by atoms with Crippen LogP contribution in [0.4, 0.5) is 11.4 Å². The molecular formula is C19H21N5O. The molecule has 0 bridgehead atoms. The first-order valence-corrected chi connectivity index (χ1v) is 8.08. The van der Waals surface area contributed by atoms with E-state index >= 15 is 0 Å². The number of carbonyl (C=O) groups is 1. The van der Waals surface area contributed by atoms with E-state index in [-0.39, 0.29) is 5.78 Å². The standard InChI is InChI=1S/C19H21N5O/c20-15-8-4-5-9-17(15)24-18(13-6-2-1-3-7-13)19(25)16(21)10-14-11-22-12-23-14/h1-9,11-12,16,18,24H,10,20-21H2,(H,22,23). The molecule has 128 valence electrons. The Hall–Kier alpha value is -3.12. The van der Waals surface area contributed by atoms with Crippen LogP contribution in [0.15, 0.2) is 67.1 Å². The summed E-state index contributed by atoms with van der Waals surface area (Å²) in [4.78, 5) is 20.0. The highest BCUT2D eigenvalue weighted by Crippen LogP contribution is 2.25. The number of nitrogens with one attached hydrogen (secondary N) is 2. The Morgan fingerprint density at radius 3 is 2.52 bits per heavy atom. The highest BCUT2D eigenvalue weighted by molar-refractivity contribution is 5.93. The predicted octanol–water partition coefficient (Wildman–Crippen LogP) is 2.28. The third-order valence-electron chi connectivity index (χ3n) is 4.03. The van der Waals surface area contributed by atoms with E-state index in [1.807, 2.05) is 48.5 Å². The molecule has 1 aromatic heterocycles. The predicted molar refractivity (Wildman–Crippen MR) is 98.9 cm³/mol. The smallest absolute Gasteiger partial charge is 0.176 e. The van der Waals surface area contributed by atoms with Crippen LogP contribution in [0, 0.1) is 0 Å². The molecule has 2 atom stereocenters. The van der Waals surface area contributed by atoms with E-state index in [1.54, 1.807) is 18.6 Å². The molecule has 3 aromatic rings. The summed E-state index contributed by atoms with van der Waals surface area (Å²) in [5, 5.41) is 3.24. The Morgan fingerprint density at radius 2 is 1.84 bits per heavy atom. The first kappa shape index (κ1) is 16.7. The van der Waals surface area contributed by atoms with Crippen molar-refractivity contribution in [2.24, 2.45) is 5.73 Å². The summed E-state index contributed by atoms with van der Waals surface area (Å²) in [6.07, 6.45) is 3.69. The van der Waals surface area contributed by atoms with Gasteiger partial charge >= 0.3 is 0 Å². The SMILES string of the molecule is Nc1ccccc1NC(C(=O)C(N)Cc1c[nH]cn1)c1ccccc1. The Morgan fingerprint density at radius 1 is 1.12 bits per heavy atom. The monoisotopic (exact) mass is 335 g/mol. The third-order valence-corrected chi connectivity index (χ3v) is 4.03. The van der Waals surface area contributed by atoms with Crippen molar-refractivity contribution in [1.82, 2.24) is 9.97 Å². The van der Waals surface area contributed by atoms with Crippen LogP contribution in [-0.4, -0.2) is 21.8 Å². The number of imidazole rings is 1. The van der Waals surface area contributed by atoms with Gasteiger partial charge in [0.25, 0.3) is 0 Å². The number of nitrogen functional groups attached to an aromatic ring is 1. The van der Waals surface area contributed by atoms with Crippen molar-refractivity contribution in [3.05, 3.63) is 78.4 Å².